The minimum atomic E-state index is -0.364. The molecule has 0 aliphatic heterocycles. The Bertz CT molecular complexity index is 607. The Hall–Kier alpha value is -2.15. The number of nitrogens with zero attached hydrogens (tertiary/aromatic N) is 3. The van der Waals surface area contributed by atoms with Gasteiger partial charge in [0.15, 0.2) is 0 Å². The zero-order valence-corrected chi connectivity index (χ0v) is 12.5. The summed E-state index contributed by atoms with van der Waals surface area (Å²) in [5.74, 6) is 0.692. The van der Waals surface area contributed by atoms with E-state index in [9.17, 15) is 10.1 Å². The molecule has 1 aromatic heterocycles. The highest BCUT2D eigenvalue weighted by Gasteiger charge is 2.13. The van der Waals surface area contributed by atoms with Gasteiger partial charge in [-0.3, -0.25) is 15.1 Å². The van der Waals surface area contributed by atoms with Crippen LogP contribution in [0.1, 0.15) is 18.9 Å². The van der Waals surface area contributed by atoms with Gasteiger partial charge in [0.05, 0.1) is 11.1 Å². The van der Waals surface area contributed by atoms with Crippen LogP contribution >= 0.6 is 11.8 Å². The highest BCUT2D eigenvalue weighted by molar-refractivity contribution is 7.98. The second-order valence-electron chi connectivity index (χ2n) is 4.37. The van der Waals surface area contributed by atoms with Gasteiger partial charge in [-0.2, -0.15) is 0 Å². The van der Waals surface area contributed by atoms with Crippen molar-refractivity contribution in [3.8, 4) is 0 Å². The monoisotopic (exact) mass is 304 g/mol. The third kappa shape index (κ3) is 4.42. The van der Waals surface area contributed by atoms with Crippen molar-refractivity contribution in [3.05, 3.63) is 52.5 Å². The van der Waals surface area contributed by atoms with E-state index in [0.717, 1.165) is 17.0 Å². The van der Waals surface area contributed by atoms with Gasteiger partial charge in [-0.25, -0.2) is 4.98 Å². The van der Waals surface area contributed by atoms with Gasteiger partial charge in [0.2, 0.25) is 0 Å². The summed E-state index contributed by atoms with van der Waals surface area (Å²) in [6.45, 7) is 2.73. The third-order valence-corrected chi connectivity index (χ3v) is 3.73. The van der Waals surface area contributed by atoms with Crippen LogP contribution in [-0.4, -0.2) is 21.4 Å². The number of thioether (sulfide) groups is 1. The molecule has 0 aliphatic rings. The van der Waals surface area contributed by atoms with E-state index in [1.807, 2.05) is 13.0 Å². The molecule has 0 radical (unpaired) electrons. The Morgan fingerprint density at radius 2 is 2.24 bits per heavy atom. The van der Waals surface area contributed by atoms with E-state index in [-0.39, 0.29) is 10.6 Å². The molecule has 0 bridgehead atoms. The van der Waals surface area contributed by atoms with Crippen LogP contribution in [0.5, 0.6) is 0 Å². The largest absolute Gasteiger partial charge is 0.379 e. The Morgan fingerprint density at radius 3 is 2.90 bits per heavy atom. The van der Waals surface area contributed by atoms with Crippen LogP contribution in [0, 0.1) is 10.1 Å². The molecule has 0 amide bonds. The maximum Gasteiger partial charge on any atom is 0.292 e. The number of anilines is 1. The fourth-order valence-corrected chi connectivity index (χ4v) is 2.52. The van der Waals surface area contributed by atoms with E-state index in [0.29, 0.717) is 18.0 Å². The Balaban J connectivity index is 2.11. The molecule has 1 N–H and O–H groups in total. The molecule has 7 heteroatoms. The first-order chi connectivity index (χ1) is 10.2. The lowest BCUT2D eigenvalue weighted by molar-refractivity contribution is -0.384. The molecule has 0 fully saturated rings. The van der Waals surface area contributed by atoms with Gasteiger partial charge in [0, 0.05) is 30.8 Å². The van der Waals surface area contributed by atoms with Crippen LogP contribution in [0.2, 0.25) is 0 Å². The van der Waals surface area contributed by atoms with E-state index in [1.54, 1.807) is 42.5 Å². The average Bonchev–Trinajstić information content (AvgIpc) is 2.51. The van der Waals surface area contributed by atoms with Crippen LogP contribution in [0.15, 0.2) is 41.8 Å². The molecule has 0 unspecified atom stereocenters. The number of nitro groups is 1. The zero-order chi connectivity index (χ0) is 15.1. The van der Waals surface area contributed by atoms with E-state index < -0.39 is 0 Å². The number of nitrogens with one attached hydrogen (secondary N) is 1. The smallest absolute Gasteiger partial charge is 0.292 e. The predicted molar refractivity (Wildman–Crippen MR) is 83.5 cm³/mol. The quantitative estimate of drug-likeness (QED) is 0.479. The second kappa shape index (κ2) is 7.58. The van der Waals surface area contributed by atoms with E-state index in [2.05, 4.69) is 15.3 Å². The first-order valence-corrected chi connectivity index (χ1v) is 7.59. The molecule has 0 saturated carbocycles. The third-order valence-electron chi connectivity index (χ3n) is 2.75. The number of aromatic nitrogens is 2. The maximum absolute atomic E-state index is 11.0. The lowest BCUT2D eigenvalue weighted by Gasteiger charge is -2.08. The van der Waals surface area contributed by atoms with Crippen molar-refractivity contribution in [1.82, 2.24) is 9.97 Å². The van der Waals surface area contributed by atoms with Crippen molar-refractivity contribution in [2.75, 3.05) is 11.9 Å². The van der Waals surface area contributed by atoms with Gasteiger partial charge in [0.1, 0.15) is 10.7 Å². The SMILES string of the molecule is CCCNc1cc(CSc2cnccn2)ccc1[N+](=O)[O-]. The van der Waals surface area contributed by atoms with Gasteiger partial charge in [0.25, 0.3) is 5.69 Å². The molecule has 1 aromatic carbocycles. The van der Waals surface area contributed by atoms with Crippen molar-refractivity contribution in [2.45, 2.75) is 24.1 Å². The van der Waals surface area contributed by atoms with Crippen molar-refractivity contribution < 1.29 is 4.92 Å². The first kappa shape index (κ1) is 15.2. The van der Waals surface area contributed by atoms with Gasteiger partial charge < -0.3 is 5.32 Å². The Kier molecular flexibility index (Phi) is 5.51. The summed E-state index contributed by atoms with van der Waals surface area (Å²) in [6.07, 6.45) is 5.89. The van der Waals surface area contributed by atoms with Crippen LogP contribution in [0.25, 0.3) is 0 Å². The molecule has 2 rings (SSSR count). The van der Waals surface area contributed by atoms with Gasteiger partial charge in [-0.05, 0) is 18.1 Å². The summed E-state index contributed by atoms with van der Waals surface area (Å²) in [5.41, 5.74) is 1.69. The number of nitro benzene ring substituents is 1. The molecule has 6 nitrogen and oxygen atoms in total. The first-order valence-electron chi connectivity index (χ1n) is 6.60. The van der Waals surface area contributed by atoms with Crippen molar-refractivity contribution >= 4 is 23.1 Å². The highest BCUT2D eigenvalue weighted by Crippen LogP contribution is 2.28. The van der Waals surface area contributed by atoms with E-state index >= 15 is 0 Å². The second-order valence-corrected chi connectivity index (χ2v) is 5.36. The molecule has 21 heavy (non-hydrogen) atoms. The number of benzene rings is 1. The summed E-state index contributed by atoms with van der Waals surface area (Å²) >= 11 is 1.55. The summed E-state index contributed by atoms with van der Waals surface area (Å²) in [4.78, 5) is 18.8. The van der Waals surface area contributed by atoms with Gasteiger partial charge in [-0.15, -0.1) is 11.8 Å². The van der Waals surface area contributed by atoms with Crippen molar-refractivity contribution in [3.63, 3.8) is 0 Å². The minimum absolute atomic E-state index is 0.108. The Morgan fingerprint density at radius 1 is 1.38 bits per heavy atom. The molecule has 1 heterocycles. The topological polar surface area (TPSA) is 81.0 Å². The lowest BCUT2D eigenvalue weighted by Crippen LogP contribution is -2.03. The molecular formula is C14H16N4O2S. The average molecular weight is 304 g/mol. The summed E-state index contributed by atoms with van der Waals surface area (Å²) < 4.78 is 0. The van der Waals surface area contributed by atoms with Crippen LogP contribution < -0.4 is 5.32 Å². The van der Waals surface area contributed by atoms with Gasteiger partial charge >= 0.3 is 0 Å². The molecule has 0 atom stereocenters. The van der Waals surface area contributed by atoms with Crippen molar-refractivity contribution in [2.24, 2.45) is 0 Å². The van der Waals surface area contributed by atoms with Crippen LogP contribution in [-0.2, 0) is 5.75 Å². The molecule has 0 saturated heterocycles. The summed E-state index contributed by atoms with van der Waals surface area (Å²) in [6, 6.07) is 5.15. The fraction of sp³-hybridized carbons (Fsp3) is 0.286. The van der Waals surface area contributed by atoms with E-state index in [4.69, 9.17) is 0 Å². The maximum atomic E-state index is 11.0. The zero-order valence-electron chi connectivity index (χ0n) is 11.7. The summed E-state index contributed by atoms with van der Waals surface area (Å²) in [7, 11) is 0. The number of rotatable bonds is 7. The standard InChI is InChI=1S/C14H16N4O2S/c1-2-5-16-12-8-11(3-4-13(12)18(19)20)10-21-14-9-15-6-7-17-14/h3-4,6-9,16H,2,5,10H2,1H3. The highest BCUT2D eigenvalue weighted by atomic mass is 32.2. The molecule has 2 aromatic rings. The molecule has 0 spiro atoms. The Labute approximate surface area is 127 Å². The molecule has 0 aliphatic carbocycles. The normalized spacial score (nSPS) is 10.3. The van der Waals surface area contributed by atoms with E-state index in [1.165, 1.54) is 0 Å². The summed E-state index contributed by atoms with van der Waals surface area (Å²) in [5, 5.41) is 15.0. The predicted octanol–water partition coefficient (Wildman–Crippen LogP) is 3.50. The molecular weight excluding hydrogens is 288 g/mol. The number of hydrogen-bond donors (Lipinski definition) is 1. The van der Waals surface area contributed by atoms with Crippen LogP contribution in [0.3, 0.4) is 0 Å². The van der Waals surface area contributed by atoms with Crippen molar-refractivity contribution in [1.29, 1.82) is 0 Å². The fourth-order valence-electron chi connectivity index (χ4n) is 1.75. The van der Waals surface area contributed by atoms with Crippen LogP contribution in [0.4, 0.5) is 11.4 Å². The lowest BCUT2D eigenvalue weighted by atomic mass is 10.2. The van der Waals surface area contributed by atoms with Gasteiger partial charge in [-0.1, -0.05) is 13.0 Å². The molecule has 110 valence electrons. The minimum Gasteiger partial charge on any atom is -0.379 e. The number of hydrogen-bond acceptors (Lipinski definition) is 6.